The predicted molar refractivity (Wildman–Crippen MR) is 89.9 cm³/mol. The van der Waals surface area contributed by atoms with Crippen LogP contribution in [0.25, 0.3) is 0 Å². The van der Waals surface area contributed by atoms with Crippen molar-refractivity contribution in [1.82, 2.24) is 15.4 Å². The van der Waals surface area contributed by atoms with Crippen LogP contribution < -0.4 is 15.4 Å². The van der Waals surface area contributed by atoms with Gasteiger partial charge in [-0.05, 0) is 31.3 Å². The molecule has 1 aromatic heterocycles. The van der Waals surface area contributed by atoms with E-state index in [0.29, 0.717) is 6.54 Å². The van der Waals surface area contributed by atoms with Gasteiger partial charge in [-0.1, -0.05) is 17.7 Å². The molecule has 0 bridgehead atoms. The molecule has 1 unspecified atom stereocenters. The molecule has 1 aliphatic rings. The quantitative estimate of drug-likeness (QED) is 0.653. The maximum Gasteiger partial charge on any atom is 0.250 e. The van der Waals surface area contributed by atoms with E-state index in [2.05, 4.69) is 15.4 Å². The number of nitrogens with one attached hydrogen (secondary N) is 3. The van der Waals surface area contributed by atoms with Crippen LogP contribution in [-0.4, -0.2) is 40.0 Å². The maximum atomic E-state index is 12.0. The van der Waals surface area contributed by atoms with Crippen LogP contribution >= 0.6 is 23.7 Å². The van der Waals surface area contributed by atoms with Gasteiger partial charge in [-0.3, -0.25) is 4.79 Å². The Morgan fingerprint density at radius 2 is 2.27 bits per heavy atom. The van der Waals surface area contributed by atoms with Gasteiger partial charge in [0.2, 0.25) is 5.91 Å². The van der Waals surface area contributed by atoms with E-state index in [1.54, 1.807) is 11.4 Å². The van der Waals surface area contributed by atoms with Gasteiger partial charge < -0.3 is 10.6 Å². The highest BCUT2D eigenvalue weighted by atomic mass is 35.5. The van der Waals surface area contributed by atoms with Gasteiger partial charge in [-0.2, -0.15) is 4.72 Å². The van der Waals surface area contributed by atoms with Gasteiger partial charge in [-0.15, -0.1) is 23.7 Å². The number of hydrogen-bond donors (Lipinski definition) is 3. The minimum atomic E-state index is -3.62. The topological polar surface area (TPSA) is 87.3 Å². The highest BCUT2D eigenvalue weighted by molar-refractivity contribution is 7.91. The van der Waals surface area contributed by atoms with Crippen molar-refractivity contribution in [3.63, 3.8) is 0 Å². The third-order valence-corrected chi connectivity index (χ3v) is 6.07. The minimum absolute atomic E-state index is 0. The Hall–Kier alpha value is -0.930. The Morgan fingerprint density at radius 3 is 2.86 bits per heavy atom. The molecule has 1 atom stereocenters. The Bertz CT molecular complexity index is 614. The molecule has 1 amide bonds. The number of sulfonamides is 1. The Labute approximate surface area is 140 Å². The van der Waals surface area contributed by atoms with Crippen molar-refractivity contribution in [3.8, 4) is 0 Å². The smallest absolute Gasteiger partial charge is 0.250 e. The van der Waals surface area contributed by atoms with Gasteiger partial charge in [0, 0.05) is 13.1 Å². The summed E-state index contributed by atoms with van der Waals surface area (Å²) in [5, 5.41) is 7.64. The fourth-order valence-corrected chi connectivity index (χ4v) is 4.16. The van der Waals surface area contributed by atoms with E-state index < -0.39 is 16.1 Å². The standard InChI is InChI=1S/C13H19N3O3S2.ClH/c1-10(16-21(18,19)12-3-2-8-20-12)13(17)15-9-11-4-6-14-7-5-11;/h2-4,8,10,14,16H,5-7,9H2,1H3,(H,15,17);1H. The molecule has 0 aromatic carbocycles. The van der Waals surface area contributed by atoms with Crippen molar-refractivity contribution in [1.29, 1.82) is 0 Å². The first-order valence-electron chi connectivity index (χ1n) is 6.71. The number of amides is 1. The SMILES string of the molecule is CC(NS(=O)(=O)c1cccs1)C(=O)NCC1=CCNCC1.Cl. The predicted octanol–water partition coefficient (Wildman–Crippen LogP) is 0.873. The average molecular weight is 366 g/mol. The summed E-state index contributed by atoms with van der Waals surface area (Å²) in [5.41, 5.74) is 1.16. The summed E-state index contributed by atoms with van der Waals surface area (Å²) >= 11 is 1.12. The highest BCUT2D eigenvalue weighted by Crippen LogP contribution is 2.15. The summed E-state index contributed by atoms with van der Waals surface area (Å²) in [7, 11) is -3.62. The molecular weight excluding hydrogens is 346 g/mol. The first-order valence-corrected chi connectivity index (χ1v) is 9.07. The molecule has 9 heteroatoms. The summed E-state index contributed by atoms with van der Waals surface area (Å²) in [5.74, 6) is -0.324. The first kappa shape index (κ1) is 19.1. The van der Waals surface area contributed by atoms with Crippen molar-refractivity contribution >= 4 is 39.7 Å². The molecule has 0 radical (unpaired) electrons. The molecule has 3 N–H and O–H groups in total. The third-order valence-electron chi connectivity index (χ3n) is 3.13. The summed E-state index contributed by atoms with van der Waals surface area (Å²) < 4.78 is 26.6. The zero-order valence-corrected chi connectivity index (χ0v) is 14.6. The van der Waals surface area contributed by atoms with E-state index in [9.17, 15) is 13.2 Å². The lowest BCUT2D eigenvalue weighted by molar-refractivity contribution is -0.122. The van der Waals surface area contributed by atoms with E-state index in [4.69, 9.17) is 0 Å². The van der Waals surface area contributed by atoms with Crippen LogP contribution in [0.4, 0.5) is 0 Å². The fourth-order valence-electron chi connectivity index (χ4n) is 1.94. The molecule has 0 saturated carbocycles. The van der Waals surface area contributed by atoms with E-state index in [1.807, 2.05) is 6.08 Å². The zero-order valence-electron chi connectivity index (χ0n) is 12.2. The summed E-state index contributed by atoms with van der Waals surface area (Å²) in [6.07, 6.45) is 2.94. The lowest BCUT2D eigenvalue weighted by atomic mass is 10.1. The molecule has 6 nitrogen and oxygen atoms in total. The first-order chi connectivity index (χ1) is 9.99. The normalized spacial score (nSPS) is 16.3. The third kappa shape index (κ3) is 5.36. The summed E-state index contributed by atoms with van der Waals surface area (Å²) in [6, 6.07) is 2.37. The highest BCUT2D eigenvalue weighted by Gasteiger charge is 2.22. The number of halogens is 1. The molecule has 0 saturated heterocycles. The van der Waals surface area contributed by atoms with Crippen LogP contribution in [0.15, 0.2) is 33.4 Å². The van der Waals surface area contributed by atoms with Gasteiger partial charge >= 0.3 is 0 Å². The van der Waals surface area contributed by atoms with Gasteiger partial charge in [0.1, 0.15) is 4.21 Å². The Morgan fingerprint density at radius 1 is 1.50 bits per heavy atom. The molecule has 2 heterocycles. The number of rotatable bonds is 6. The largest absolute Gasteiger partial charge is 0.351 e. The number of hydrogen-bond acceptors (Lipinski definition) is 5. The van der Waals surface area contributed by atoms with Crippen molar-refractivity contribution in [3.05, 3.63) is 29.2 Å². The van der Waals surface area contributed by atoms with Crippen molar-refractivity contribution in [2.45, 2.75) is 23.6 Å². The zero-order chi connectivity index (χ0) is 15.3. The molecule has 124 valence electrons. The van der Waals surface area contributed by atoms with E-state index in [1.165, 1.54) is 13.0 Å². The molecule has 0 aliphatic carbocycles. The molecule has 2 rings (SSSR count). The van der Waals surface area contributed by atoms with E-state index in [-0.39, 0.29) is 22.5 Å². The van der Waals surface area contributed by atoms with Crippen LogP contribution in [0.3, 0.4) is 0 Å². The van der Waals surface area contributed by atoms with Crippen LogP contribution in [0.1, 0.15) is 13.3 Å². The number of carbonyl (C=O) groups is 1. The molecular formula is C13H20ClN3O3S2. The maximum absolute atomic E-state index is 12.0. The van der Waals surface area contributed by atoms with Crippen LogP contribution in [0.2, 0.25) is 0 Å². The number of carbonyl (C=O) groups excluding carboxylic acids is 1. The van der Waals surface area contributed by atoms with Crippen LogP contribution in [0.5, 0.6) is 0 Å². The molecule has 0 spiro atoms. The van der Waals surface area contributed by atoms with Gasteiger partial charge in [0.25, 0.3) is 10.0 Å². The second-order valence-corrected chi connectivity index (χ2v) is 7.70. The van der Waals surface area contributed by atoms with Crippen molar-refractivity contribution in [2.24, 2.45) is 0 Å². The number of thiophene rings is 1. The second kappa shape index (κ2) is 8.64. The lowest BCUT2D eigenvalue weighted by Crippen LogP contribution is -2.45. The molecule has 1 aliphatic heterocycles. The average Bonchev–Trinajstić information content (AvgIpc) is 3.00. The summed E-state index contributed by atoms with van der Waals surface area (Å²) in [4.78, 5) is 12.0. The van der Waals surface area contributed by atoms with Gasteiger partial charge in [-0.25, -0.2) is 8.42 Å². The second-order valence-electron chi connectivity index (χ2n) is 4.81. The van der Waals surface area contributed by atoms with Crippen molar-refractivity contribution < 1.29 is 13.2 Å². The van der Waals surface area contributed by atoms with E-state index >= 15 is 0 Å². The fraction of sp³-hybridized carbons (Fsp3) is 0.462. The molecule has 0 fully saturated rings. The molecule has 22 heavy (non-hydrogen) atoms. The summed E-state index contributed by atoms with van der Waals surface area (Å²) in [6.45, 7) is 3.72. The monoisotopic (exact) mass is 365 g/mol. The lowest BCUT2D eigenvalue weighted by Gasteiger charge is -2.17. The van der Waals surface area contributed by atoms with E-state index in [0.717, 1.165) is 36.4 Å². The van der Waals surface area contributed by atoms with Crippen LogP contribution in [0, 0.1) is 0 Å². The van der Waals surface area contributed by atoms with Crippen molar-refractivity contribution in [2.75, 3.05) is 19.6 Å². The van der Waals surface area contributed by atoms with Gasteiger partial charge in [0.05, 0.1) is 6.04 Å². The van der Waals surface area contributed by atoms with Gasteiger partial charge in [0.15, 0.2) is 0 Å². The molecule has 1 aromatic rings. The Kier molecular flexibility index (Phi) is 7.51. The van der Waals surface area contributed by atoms with Crippen LogP contribution in [-0.2, 0) is 14.8 Å². The Balaban J connectivity index is 0.00000242. The minimum Gasteiger partial charge on any atom is -0.351 e.